The molecule has 0 aliphatic rings. The Morgan fingerprint density at radius 1 is 1.06 bits per heavy atom. The minimum absolute atomic E-state index is 0.383. The molecule has 1 heteroatoms. The van der Waals surface area contributed by atoms with Gasteiger partial charge in [-0.15, -0.1) is 0 Å². The molecule has 1 aromatic carbocycles. The van der Waals surface area contributed by atoms with Crippen molar-refractivity contribution >= 4 is 0 Å². The predicted octanol–water partition coefficient (Wildman–Crippen LogP) is 4.48. The minimum Gasteiger partial charge on any atom is -0.312 e. The summed E-state index contributed by atoms with van der Waals surface area (Å²) in [5, 5.41) is 3.61. The van der Waals surface area contributed by atoms with E-state index in [1.54, 1.807) is 0 Å². The quantitative estimate of drug-likeness (QED) is 0.781. The molecule has 0 amide bonds. The third-order valence-electron chi connectivity index (χ3n) is 3.54. The number of hydrogen-bond acceptors (Lipinski definition) is 1. The van der Waals surface area contributed by atoms with E-state index < -0.39 is 0 Å². The van der Waals surface area contributed by atoms with Crippen molar-refractivity contribution in [2.75, 3.05) is 6.54 Å². The van der Waals surface area contributed by atoms with Gasteiger partial charge in [0.15, 0.2) is 0 Å². The summed E-state index contributed by atoms with van der Waals surface area (Å²) in [4.78, 5) is 0. The van der Waals surface area contributed by atoms with Gasteiger partial charge in [-0.3, -0.25) is 0 Å². The summed E-state index contributed by atoms with van der Waals surface area (Å²) in [6, 6.07) is 10.6. The van der Waals surface area contributed by atoms with Crippen molar-refractivity contribution in [2.24, 2.45) is 17.3 Å². The molecule has 0 saturated carbocycles. The van der Waals surface area contributed by atoms with Crippen LogP contribution in [0.1, 0.15) is 46.6 Å². The van der Waals surface area contributed by atoms with E-state index in [9.17, 15) is 0 Å². The number of hydrogen-bond donors (Lipinski definition) is 1. The second-order valence-corrected chi connectivity index (χ2v) is 6.81. The summed E-state index contributed by atoms with van der Waals surface area (Å²) in [6.07, 6.45) is 1.30. The van der Waals surface area contributed by atoms with E-state index in [-0.39, 0.29) is 0 Å². The van der Waals surface area contributed by atoms with Gasteiger partial charge in [-0.25, -0.2) is 0 Å². The molecule has 0 saturated heterocycles. The maximum absolute atomic E-state index is 3.61. The highest BCUT2D eigenvalue weighted by atomic mass is 14.9. The Morgan fingerprint density at radius 3 is 2.17 bits per heavy atom. The monoisotopic (exact) mass is 247 g/mol. The van der Waals surface area contributed by atoms with Crippen molar-refractivity contribution in [2.45, 2.75) is 47.6 Å². The van der Waals surface area contributed by atoms with Gasteiger partial charge in [0.1, 0.15) is 0 Å². The van der Waals surface area contributed by atoms with E-state index in [1.165, 1.54) is 12.0 Å². The molecule has 1 nitrogen and oxygen atoms in total. The first kappa shape index (κ1) is 15.2. The van der Waals surface area contributed by atoms with Crippen molar-refractivity contribution in [3.05, 3.63) is 35.9 Å². The fourth-order valence-electron chi connectivity index (χ4n) is 2.30. The van der Waals surface area contributed by atoms with Gasteiger partial charge >= 0.3 is 0 Å². The van der Waals surface area contributed by atoms with Gasteiger partial charge in [0, 0.05) is 6.54 Å². The molecule has 0 heterocycles. The molecule has 1 rings (SSSR count). The lowest BCUT2D eigenvalue weighted by molar-refractivity contribution is 0.198. The van der Waals surface area contributed by atoms with Gasteiger partial charge in [0.05, 0.1) is 0 Å². The van der Waals surface area contributed by atoms with Crippen molar-refractivity contribution in [1.82, 2.24) is 5.32 Å². The van der Waals surface area contributed by atoms with Crippen LogP contribution in [0.2, 0.25) is 0 Å². The predicted molar refractivity (Wildman–Crippen MR) is 80.5 cm³/mol. The molecule has 1 N–H and O–H groups in total. The lowest BCUT2D eigenvalue weighted by Crippen LogP contribution is -2.32. The molecule has 1 atom stereocenters. The maximum atomic E-state index is 3.61. The van der Waals surface area contributed by atoms with Crippen LogP contribution in [0.5, 0.6) is 0 Å². The van der Waals surface area contributed by atoms with E-state index in [0.29, 0.717) is 5.41 Å². The summed E-state index contributed by atoms with van der Waals surface area (Å²) in [7, 11) is 0. The average Bonchev–Trinajstić information content (AvgIpc) is 2.27. The standard InChI is InChI=1S/C17H29N/c1-14(2)11-16(17(3,4)5)13-18-12-15-9-7-6-8-10-15/h6-10,14,16,18H,11-13H2,1-5H3. The molecule has 0 radical (unpaired) electrons. The zero-order valence-electron chi connectivity index (χ0n) is 12.7. The highest BCUT2D eigenvalue weighted by Crippen LogP contribution is 2.30. The zero-order chi connectivity index (χ0) is 13.6. The third kappa shape index (κ3) is 5.68. The molecule has 0 fully saturated rings. The fraction of sp³-hybridized carbons (Fsp3) is 0.647. The first-order chi connectivity index (χ1) is 8.39. The number of benzene rings is 1. The number of rotatable bonds is 6. The molecule has 0 bridgehead atoms. The van der Waals surface area contributed by atoms with Gasteiger partial charge in [0.2, 0.25) is 0 Å². The van der Waals surface area contributed by atoms with Crippen LogP contribution >= 0.6 is 0 Å². The lowest BCUT2D eigenvalue weighted by Gasteiger charge is -2.32. The molecule has 102 valence electrons. The van der Waals surface area contributed by atoms with Gasteiger partial charge < -0.3 is 5.32 Å². The van der Waals surface area contributed by atoms with E-state index in [4.69, 9.17) is 0 Å². The smallest absolute Gasteiger partial charge is 0.0205 e. The van der Waals surface area contributed by atoms with Crippen molar-refractivity contribution < 1.29 is 0 Å². The first-order valence-corrected chi connectivity index (χ1v) is 7.14. The topological polar surface area (TPSA) is 12.0 Å². The Labute approximate surface area is 113 Å². The van der Waals surface area contributed by atoms with Gasteiger partial charge in [-0.1, -0.05) is 65.0 Å². The molecule has 1 aromatic rings. The lowest BCUT2D eigenvalue weighted by atomic mass is 9.76. The van der Waals surface area contributed by atoms with Crippen molar-refractivity contribution in [3.8, 4) is 0 Å². The Balaban J connectivity index is 2.43. The van der Waals surface area contributed by atoms with Crippen LogP contribution in [0.15, 0.2) is 30.3 Å². The van der Waals surface area contributed by atoms with Crippen LogP contribution in [-0.2, 0) is 6.54 Å². The second kappa shape index (κ2) is 6.94. The Hall–Kier alpha value is -0.820. The van der Waals surface area contributed by atoms with Crippen LogP contribution in [-0.4, -0.2) is 6.54 Å². The van der Waals surface area contributed by atoms with E-state index in [1.807, 2.05) is 0 Å². The molecule has 0 aliphatic heterocycles. The third-order valence-corrected chi connectivity index (χ3v) is 3.54. The normalized spacial score (nSPS) is 13.9. The van der Waals surface area contributed by atoms with E-state index in [0.717, 1.165) is 24.9 Å². The Bertz CT molecular complexity index is 321. The number of nitrogens with one attached hydrogen (secondary N) is 1. The summed E-state index contributed by atoms with van der Waals surface area (Å²) in [5.41, 5.74) is 1.75. The van der Waals surface area contributed by atoms with Gasteiger partial charge in [0.25, 0.3) is 0 Å². The summed E-state index contributed by atoms with van der Waals surface area (Å²) < 4.78 is 0. The van der Waals surface area contributed by atoms with Gasteiger partial charge in [-0.05, 0) is 35.8 Å². The zero-order valence-corrected chi connectivity index (χ0v) is 12.7. The SMILES string of the molecule is CC(C)CC(CNCc1ccccc1)C(C)(C)C. The molecular weight excluding hydrogens is 218 g/mol. The van der Waals surface area contributed by atoms with Crippen molar-refractivity contribution in [1.29, 1.82) is 0 Å². The van der Waals surface area contributed by atoms with E-state index in [2.05, 4.69) is 70.3 Å². The second-order valence-electron chi connectivity index (χ2n) is 6.81. The fourth-order valence-corrected chi connectivity index (χ4v) is 2.30. The summed E-state index contributed by atoms with van der Waals surface area (Å²) >= 11 is 0. The highest BCUT2D eigenvalue weighted by molar-refractivity contribution is 5.14. The van der Waals surface area contributed by atoms with Crippen LogP contribution in [0.25, 0.3) is 0 Å². The summed E-state index contributed by atoms with van der Waals surface area (Å²) in [6.45, 7) is 13.8. The Kier molecular flexibility index (Phi) is 5.87. The van der Waals surface area contributed by atoms with E-state index >= 15 is 0 Å². The molecule has 0 aromatic heterocycles. The largest absolute Gasteiger partial charge is 0.312 e. The molecule has 0 aliphatic carbocycles. The van der Waals surface area contributed by atoms with Gasteiger partial charge in [-0.2, -0.15) is 0 Å². The van der Waals surface area contributed by atoms with Crippen LogP contribution < -0.4 is 5.32 Å². The minimum atomic E-state index is 0.383. The molecule has 18 heavy (non-hydrogen) atoms. The van der Waals surface area contributed by atoms with Crippen LogP contribution in [0.3, 0.4) is 0 Å². The Morgan fingerprint density at radius 2 is 1.67 bits per heavy atom. The van der Waals surface area contributed by atoms with Crippen molar-refractivity contribution in [3.63, 3.8) is 0 Å². The highest BCUT2D eigenvalue weighted by Gasteiger charge is 2.24. The van der Waals surface area contributed by atoms with Crippen LogP contribution in [0.4, 0.5) is 0 Å². The molecular formula is C17H29N. The average molecular weight is 247 g/mol. The molecule has 1 unspecified atom stereocenters. The summed E-state index contributed by atoms with van der Waals surface area (Å²) in [5.74, 6) is 1.51. The first-order valence-electron chi connectivity index (χ1n) is 7.14. The maximum Gasteiger partial charge on any atom is 0.0205 e. The molecule has 0 spiro atoms. The van der Waals surface area contributed by atoms with Crippen LogP contribution in [0, 0.1) is 17.3 Å².